The lowest BCUT2D eigenvalue weighted by atomic mass is 9.72. The van der Waals surface area contributed by atoms with Crippen LogP contribution in [0, 0.1) is 20.8 Å². The van der Waals surface area contributed by atoms with Crippen LogP contribution in [0.1, 0.15) is 54.0 Å². The first kappa shape index (κ1) is 11.8. The highest BCUT2D eigenvalue weighted by molar-refractivity contribution is 5.59. The van der Waals surface area contributed by atoms with Crippen LogP contribution >= 0.6 is 0 Å². The van der Waals surface area contributed by atoms with Crippen LogP contribution in [-0.4, -0.2) is 10.7 Å². The Morgan fingerprint density at radius 1 is 1.17 bits per heavy atom. The van der Waals surface area contributed by atoms with E-state index in [4.69, 9.17) is 10.5 Å². The molecule has 1 saturated carbocycles. The van der Waals surface area contributed by atoms with Crippen LogP contribution in [0.3, 0.4) is 0 Å². The molecule has 1 spiro atoms. The Balaban J connectivity index is 2.19. The van der Waals surface area contributed by atoms with Gasteiger partial charge in [0.05, 0.1) is 0 Å². The average molecular weight is 247 g/mol. The van der Waals surface area contributed by atoms with Crippen LogP contribution in [0.4, 0.5) is 0 Å². The fourth-order valence-electron chi connectivity index (χ4n) is 3.35. The summed E-state index contributed by atoms with van der Waals surface area (Å²) < 4.78 is 6.28. The fourth-order valence-corrected chi connectivity index (χ4v) is 3.35. The van der Waals surface area contributed by atoms with Gasteiger partial charge in [0.1, 0.15) is 17.1 Å². The van der Waals surface area contributed by atoms with Crippen LogP contribution in [0.2, 0.25) is 0 Å². The average Bonchev–Trinajstić information content (AvgIpc) is 2.30. The van der Waals surface area contributed by atoms with Crippen molar-refractivity contribution in [3.8, 4) is 11.5 Å². The minimum atomic E-state index is -0.0208. The van der Waals surface area contributed by atoms with E-state index >= 15 is 0 Å². The molecule has 1 aromatic rings. The van der Waals surface area contributed by atoms with Crippen molar-refractivity contribution in [2.45, 2.75) is 58.1 Å². The summed E-state index contributed by atoms with van der Waals surface area (Å²) in [6.07, 6.45) is 4.33. The molecule has 3 nitrogen and oxygen atoms in total. The summed E-state index contributed by atoms with van der Waals surface area (Å²) in [6, 6.07) is -0.0146. The zero-order valence-electron chi connectivity index (χ0n) is 11.3. The summed E-state index contributed by atoms with van der Waals surface area (Å²) >= 11 is 0. The Labute approximate surface area is 108 Å². The molecule has 3 heteroatoms. The van der Waals surface area contributed by atoms with Gasteiger partial charge in [-0.1, -0.05) is 0 Å². The lowest BCUT2D eigenvalue weighted by Crippen LogP contribution is -2.48. The quantitative estimate of drug-likeness (QED) is 0.741. The van der Waals surface area contributed by atoms with Crippen molar-refractivity contribution in [2.24, 2.45) is 5.73 Å². The third kappa shape index (κ3) is 1.40. The number of fused-ring (bicyclic) bond motifs is 1. The minimum absolute atomic E-state index is 0.0146. The van der Waals surface area contributed by atoms with Gasteiger partial charge in [-0.25, -0.2) is 0 Å². The monoisotopic (exact) mass is 247 g/mol. The summed E-state index contributed by atoms with van der Waals surface area (Å²) in [5.41, 5.74) is 10.1. The van der Waals surface area contributed by atoms with Crippen molar-refractivity contribution in [2.75, 3.05) is 0 Å². The minimum Gasteiger partial charge on any atom is -0.507 e. The molecule has 1 aromatic carbocycles. The first-order valence-corrected chi connectivity index (χ1v) is 6.72. The van der Waals surface area contributed by atoms with Gasteiger partial charge < -0.3 is 15.6 Å². The normalized spacial score (nSPS) is 24.3. The molecule has 0 saturated heterocycles. The Morgan fingerprint density at radius 3 is 2.39 bits per heavy atom. The number of phenolic OH excluding ortho intramolecular Hbond substituents is 1. The first-order chi connectivity index (χ1) is 8.45. The van der Waals surface area contributed by atoms with Crippen molar-refractivity contribution in [3.05, 3.63) is 22.3 Å². The molecule has 18 heavy (non-hydrogen) atoms. The van der Waals surface area contributed by atoms with Crippen LogP contribution in [-0.2, 0) is 0 Å². The number of benzene rings is 1. The third-order valence-electron chi connectivity index (χ3n) is 4.81. The molecule has 3 rings (SSSR count). The number of aromatic hydroxyl groups is 1. The molecule has 0 radical (unpaired) electrons. The van der Waals surface area contributed by atoms with Crippen molar-refractivity contribution >= 4 is 0 Å². The van der Waals surface area contributed by atoms with Crippen LogP contribution < -0.4 is 10.5 Å². The molecule has 0 aromatic heterocycles. The topological polar surface area (TPSA) is 55.5 Å². The van der Waals surface area contributed by atoms with Crippen molar-refractivity contribution in [1.29, 1.82) is 0 Å². The van der Waals surface area contributed by atoms with Crippen molar-refractivity contribution in [3.63, 3.8) is 0 Å². The molecular weight excluding hydrogens is 226 g/mol. The highest BCUT2D eigenvalue weighted by Gasteiger charge is 2.46. The maximum absolute atomic E-state index is 10.2. The summed E-state index contributed by atoms with van der Waals surface area (Å²) in [6.45, 7) is 5.88. The molecule has 1 heterocycles. The fraction of sp³-hybridized carbons (Fsp3) is 0.600. The van der Waals surface area contributed by atoms with E-state index in [1.165, 1.54) is 6.42 Å². The van der Waals surface area contributed by atoms with E-state index in [9.17, 15) is 5.11 Å². The van der Waals surface area contributed by atoms with Gasteiger partial charge in [0.2, 0.25) is 0 Å². The number of nitrogens with two attached hydrogens (primary N) is 1. The van der Waals surface area contributed by atoms with E-state index in [1.54, 1.807) is 0 Å². The Kier molecular flexibility index (Phi) is 2.39. The standard InChI is InChI=1S/C15H21NO2/c1-8-9(2)14-12(10(3)13(8)17)11(16)7-15(18-14)5-4-6-15/h11,17H,4-7,16H2,1-3H3. The third-order valence-corrected chi connectivity index (χ3v) is 4.81. The van der Waals surface area contributed by atoms with Crippen molar-refractivity contribution in [1.82, 2.24) is 0 Å². The second-order valence-corrected chi connectivity index (χ2v) is 5.92. The van der Waals surface area contributed by atoms with Gasteiger partial charge in [0.15, 0.2) is 0 Å². The molecule has 1 aliphatic carbocycles. The maximum atomic E-state index is 10.2. The molecule has 0 bridgehead atoms. The highest BCUT2D eigenvalue weighted by Crippen LogP contribution is 2.52. The maximum Gasteiger partial charge on any atom is 0.128 e. The molecule has 1 unspecified atom stereocenters. The van der Waals surface area contributed by atoms with Gasteiger partial charge in [-0.2, -0.15) is 0 Å². The summed E-state index contributed by atoms with van der Waals surface area (Å²) in [4.78, 5) is 0. The second kappa shape index (κ2) is 3.64. The Hall–Kier alpha value is -1.22. The van der Waals surface area contributed by atoms with E-state index < -0.39 is 0 Å². The number of hydrogen-bond donors (Lipinski definition) is 2. The van der Waals surface area contributed by atoms with Gasteiger partial charge in [-0.05, 0) is 56.7 Å². The SMILES string of the molecule is Cc1c(C)c2c(c(C)c1O)C(N)CC1(CCC1)O2. The lowest BCUT2D eigenvalue weighted by Gasteiger charge is -2.48. The molecule has 3 N–H and O–H groups in total. The summed E-state index contributed by atoms with van der Waals surface area (Å²) in [5, 5.41) is 10.2. The predicted octanol–water partition coefficient (Wildman–Crippen LogP) is 3.02. The summed E-state index contributed by atoms with van der Waals surface area (Å²) in [5.74, 6) is 1.30. The highest BCUT2D eigenvalue weighted by atomic mass is 16.5. The van der Waals surface area contributed by atoms with E-state index in [0.29, 0.717) is 5.75 Å². The van der Waals surface area contributed by atoms with Gasteiger partial charge >= 0.3 is 0 Å². The number of phenols is 1. The zero-order valence-corrected chi connectivity index (χ0v) is 11.3. The zero-order chi connectivity index (χ0) is 13.1. The number of hydrogen-bond acceptors (Lipinski definition) is 3. The molecule has 98 valence electrons. The number of rotatable bonds is 0. The van der Waals surface area contributed by atoms with Crippen LogP contribution in [0.15, 0.2) is 0 Å². The smallest absolute Gasteiger partial charge is 0.128 e. The van der Waals surface area contributed by atoms with E-state index in [-0.39, 0.29) is 11.6 Å². The Bertz CT molecular complexity index is 518. The van der Waals surface area contributed by atoms with Crippen molar-refractivity contribution < 1.29 is 9.84 Å². The van der Waals surface area contributed by atoms with E-state index in [0.717, 1.165) is 47.3 Å². The van der Waals surface area contributed by atoms with E-state index in [2.05, 4.69) is 0 Å². The predicted molar refractivity (Wildman–Crippen MR) is 71.1 cm³/mol. The van der Waals surface area contributed by atoms with Gasteiger partial charge in [-0.15, -0.1) is 0 Å². The molecule has 1 fully saturated rings. The summed E-state index contributed by atoms with van der Waals surface area (Å²) in [7, 11) is 0. The molecule has 2 aliphatic rings. The van der Waals surface area contributed by atoms with E-state index in [1.807, 2.05) is 20.8 Å². The molecule has 1 aliphatic heterocycles. The van der Waals surface area contributed by atoms with Crippen LogP contribution in [0.5, 0.6) is 11.5 Å². The Morgan fingerprint density at radius 2 is 1.83 bits per heavy atom. The first-order valence-electron chi connectivity index (χ1n) is 6.72. The van der Waals surface area contributed by atoms with Gasteiger partial charge in [0, 0.05) is 18.0 Å². The van der Waals surface area contributed by atoms with Crippen LogP contribution in [0.25, 0.3) is 0 Å². The number of ether oxygens (including phenoxy) is 1. The van der Waals surface area contributed by atoms with Gasteiger partial charge in [-0.3, -0.25) is 0 Å². The van der Waals surface area contributed by atoms with Gasteiger partial charge in [0.25, 0.3) is 0 Å². The molecular formula is C15H21NO2. The molecule has 0 amide bonds. The second-order valence-electron chi connectivity index (χ2n) is 5.92. The lowest BCUT2D eigenvalue weighted by molar-refractivity contribution is -0.0338. The largest absolute Gasteiger partial charge is 0.507 e. The molecule has 1 atom stereocenters.